The molecular formula is C18H25FN2O4S. The number of halogens is 1. The standard InChI is InChI=1S/C18H25FN2O4S/c1-10(24-9-12-5-3-11(4-6-12)7-8-19)16-15(23)14(22)13-17(25-16)26-18(20-2)21-13/h3-6,10,13-17,22-23H,7-9H2,1-2H3,(H,20,21)/t10-,13+,14+,15-,16+,17+/m0/s1. The van der Waals surface area contributed by atoms with E-state index < -0.39 is 24.4 Å². The van der Waals surface area contributed by atoms with Crippen molar-refractivity contribution >= 4 is 16.9 Å². The first-order chi connectivity index (χ1) is 12.5. The van der Waals surface area contributed by atoms with Gasteiger partial charge in [-0.3, -0.25) is 9.38 Å². The van der Waals surface area contributed by atoms with Crippen molar-refractivity contribution in [2.45, 2.75) is 55.8 Å². The maximum absolute atomic E-state index is 12.4. The molecule has 8 heteroatoms. The molecule has 0 unspecified atom stereocenters. The monoisotopic (exact) mass is 384 g/mol. The molecule has 1 aromatic rings. The fourth-order valence-electron chi connectivity index (χ4n) is 3.17. The second kappa shape index (κ2) is 8.67. The van der Waals surface area contributed by atoms with Crippen LogP contribution in [0.3, 0.4) is 0 Å². The summed E-state index contributed by atoms with van der Waals surface area (Å²) in [5.74, 6) is 0. The Morgan fingerprint density at radius 1 is 1.27 bits per heavy atom. The van der Waals surface area contributed by atoms with Gasteiger partial charge in [0.1, 0.15) is 23.7 Å². The predicted molar refractivity (Wildman–Crippen MR) is 98.9 cm³/mol. The van der Waals surface area contributed by atoms with E-state index in [1.807, 2.05) is 31.2 Å². The highest BCUT2D eigenvalue weighted by molar-refractivity contribution is 8.14. The van der Waals surface area contributed by atoms with Gasteiger partial charge in [0.15, 0.2) is 5.17 Å². The predicted octanol–water partition coefficient (Wildman–Crippen LogP) is 1.24. The summed E-state index contributed by atoms with van der Waals surface area (Å²) >= 11 is 1.40. The van der Waals surface area contributed by atoms with Crippen molar-refractivity contribution in [2.75, 3.05) is 13.7 Å². The lowest BCUT2D eigenvalue weighted by Gasteiger charge is -2.41. The smallest absolute Gasteiger partial charge is 0.159 e. The third-order valence-corrected chi connectivity index (χ3v) is 5.90. The Balaban J connectivity index is 1.58. The first-order valence-corrected chi connectivity index (χ1v) is 9.58. The van der Waals surface area contributed by atoms with E-state index >= 15 is 0 Å². The van der Waals surface area contributed by atoms with Gasteiger partial charge in [-0.15, -0.1) is 0 Å². The van der Waals surface area contributed by atoms with E-state index in [1.54, 1.807) is 7.05 Å². The molecule has 2 fully saturated rings. The van der Waals surface area contributed by atoms with Crippen molar-refractivity contribution in [3.8, 4) is 0 Å². The molecule has 1 aromatic carbocycles. The number of nitrogens with zero attached hydrogens (tertiary/aromatic N) is 1. The number of rotatable bonds is 6. The van der Waals surface area contributed by atoms with Crippen LogP contribution in [0.1, 0.15) is 18.1 Å². The van der Waals surface area contributed by atoms with Gasteiger partial charge in [0.05, 0.1) is 25.4 Å². The van der Waals surface area contributed by atoms with Crippen LogP contribution in [0.15, 0.2) is 29.3 Å². The zero-order chi connectivity index (χ0) is 18.7. The number of benzene rings is 1. The van der Waals surface area contributed by atoms with Crippen LogP contribution in [-0.2, 0) is 22.5 Å². The summed E-state index contributed by atoms with van der Waals surface area (Å²) in [7, 11) is 1.66. The Morgan fingerprint density at radius 3 is 2.62 bits per heavy atom. The number of aliphatic hydroxyl groups excluding tert-OH is 2. The molecule has 2 heterocycles. The molecule has 3 rings (SSSR count). The van der Waals surface area contributed by atoms with E-state index in [1.165, 1.54) is 11.8 Å². The van der Waals surface area contributed by atoms with E-state index in [0.29, 0.717) is 18.2 Å². The molecule has 3 N–H and O–H groups in total. The van der Waals surface area contributed by atoms with E-state index in [2.05, 4.69) is 10.3 Å². The van der Waals surface area contributed by atoms with Gasteiger partial charge in [-0.2, -0.15) is 0 Å². The van der Waals surface area contributed by atoms with Crippen LogP contribution >= 0.6 is 11.8 Å². The number of hydrogen-bond donors (Lipinski definition) is 3. The number of amidine groups is 1. The van der Waals surface area contributed by atoms with Crippen LogP contribution < -0.4 is 5.32 Å². The minimum Gasteiger partial charge on any atom is -0.388 e. The fourth-order valence-corrected chi connectivity index (χ4v) is 4.26. The fraction of sp³-hybridized carbons (Fsp3) is 0.611. The summed E-state index contributed by atoms with van der Waals surface area (Å²) in [6.07, 6.45) is -2.65. The van der Waals surface area contributed by atoms with E-state index in [-0.39, 0.29) is 18.2 Å². The van der Waals surface area contributed by atoms with Crippen molar-refractivity contribution in [3.63, 3.8) is 0 Å². The zero-order valence-electron chi connectivity index (χ0n) is 14.8. The topological polar surface area (TPSA) is 83.3 Å². The molecule has 0 saturated carbocycles. The lowest BCUT2D eigenvalue weighted by Crippen LogP contribution is -2.61. The van der Waals surface area contributed by atoms with Crippen molar-refractivity contribution in [1.82, 2.24) is 5.32 Å². The molecule has 26 heavy (non-hydrogen) atoms. The number of alkyl halides is 1. The highest BCUT2D eigenvalue weighted by Crippen LogP contribution is 2.35. The van der Waals surface area contributed by atoms with Crippen molar-refractivity contribution in [2.24, 2.45) is 4.99 Å². The molecule has 0 radical (unpaired) electrons. The van der Waals surface area contributed by atoms with Gasteiger partial charge in [-0.25, -0.2) is 0 Å². The van der Waals surface area contributed by atoms with Crippen LogP contribution in [0.5, 0.6) is 0 Å². The average molecular weight is 384 g/mol. The molecule has 6 nitrogen and oxygen atoms in total. The second-order valence-corrected chi connectivity index (χ2v) is 7.63. The number of nitrogens with one attached hydrogen (secondary N) is 1. The Bertz CT molecular complexity index is 630. The molecule has 2 aliphatic rings. The SMILES string of the molecule is CN=C1N[C@@H]2[C@@H](O)[C@H](O)[C@@H]([C@H](C)OCc3ccc(CCF)cc3)O[C@@H]2S1. The van der Waals surface area contributed by atoms with Gasteiger partial charge >= 0.3 is 0 Å². The molecule has 0 aromatic heterocycles. The summed E-state index contributed by atoms with van der Waals surface area (Å²) < 4.78 is 24.2. The van der Waals surface area contributed by atoms with E-state index in [4.69, 9.17) is 9.47 Å². The molecule has 2 aliphatic heterocycles. The van der Waals surface area contributed by atoms with Gasteiger partial charge in [-0.05, 0) is 18.1 Å². The molecule has 144 valence electrons. The third-order valence-electron chi connectivity index (χ3n) is 4.74. The summed E-state index contributed by atoms with van der Waals surface area (Å²) in [6, 6.07) is 7.19. The van der Waals surface area contributed by atoms with Crippen molar-refractivity contribution in [3.05, 3.63) is 35.4 Å². The zero-order valence-corrected chi connectivity index (χ0v) is 15.7. The molecule has 0 amide bonds. The third kappa shape index (κ3) is 4.20. The largest absolute Gasteiger partial charge is 0.388 e. The molecule has 0 spiro atoms. The molecule has 0 bridgehead atoms. The van der Waals surface area contributed by atoms with Gasteiger partial charge < -0.3 is 25.0 Å². The number of hydrogen-bond acceptors (Lipinski definition) is 6. The van der Waals surface area contributed by atoms with E-state index in [0.717, 1.165) is 11.1 Å². The maximum Gasteiger partial charge on any atom is 0.159 e. The number of thioether (sulfide) groups is 1. The molecule has 2 saturated heterocycles. The van der Waals surface area contributed by atoms with Crippen molar-refractivity contribution in [1.29, 1.82) is 0 Å². The quantitative estimate of drug-likeness (QED) is 0.685. The first-order valence-electron chi connectivity index (χ1n) is 8.70. The summed E-state index contributed by atoms with van der Waals surface area (Å²) in [5.41, 5.74) is 1.59. The normalized spacial score (nSPS) is 33.7. The van der Waals surface area contributed by atoms with Crippen LogP contribution in [0, 0.1) is 0 Å². The van der Waals surface area contributed by atoms with Gasteiger partial charge in [-0.1, -0.05) is 36.0 Å². The lowest BCUT2D eigenvalue weighted by atomic mass is 9.95. The highest BCUT2D eigenvalue weighted by Gasteiger charge is 2.50. The van der Waals surface area contributed by atoms with Crippen LogP contribution in [0.2, 0.25) is 0 Å². The van der Waals surface area contributed by atoms with Crippen LogP contribution in [0.4, 0.5) is 4.39 Å². The maximum atomic E-state index is 12.4. The Morgan fingerprint density at radius 2 is 1.96 bits per heavy atom. The van der Waals surface area contributed by atoms with E-state index in [9.17, 15) is 14.6 Å². The summed E-state index contributed by atoms with van der Waals surface area (Å²) in [6.45, 7) is 1.80. The Hall–Kier alpha value is -1.19. The molecule has 0 aliphatic carbocycles. The van der Waals surface area contributed by atoms with Gasteiger partial charge in [0.25, 0.3) is 0 Å². The summed E-state index contributed by atoms with van der Waals surface area (Å²) in [4.78, 5) is 4.08. The van der Waals surface area contributed by atoms with Crippen molar-refractivity contribution < 1.29 is 24.1 Å². The van der Waals surface area contributed by atoms with Gasteiger partial charge in [0.2, 0.25) is 0 Å². The Kier molecular flexibility index (Phi) is 6.52. The highest BCUT2D eigenvalue weighted by atomic mass is 32.2. The van der Waals surface area contributed by atoms with Crippen LogP contribution in [-0.4, -0.2) is 65.0 Å². The van der Waals surface area contributed by atoms with Gasteiger partial charge in [0, 0.05) is 13.5 Å². The number of aliphatic hydroxyl groups is 2. The number of fused-ring (bicyclic) bond motifs is 1. The number of ether oxygens (including phenoxy) is 2. The van der Waals surface area contributed by atoms with Crippen LogP contribution in [0.25, 0.3) is 0 Å². The Labute approximate surface area is 156 Å². The molecular weight excluding hydrogens is 359 g/mol. The number of aliphatic imine (C=N–C) groups is 1. The lowest BCUT2D eigenvalue weighted by molar-refractivity contribution is -0.195. The molecule has 6 atom stereocenters. The number of aryl methyl sites for hydroxylation is 1. The minimum atomic E-state index is -1.05. The minimum absolute atomic E-state index is 0.317. The summed E-state index contributed by atoms with van der Waals surface area (Å²) in [5, 5.41) is 24.6. The first kappa shape index (κ1) is 19.6. The second-order valence-electron chi connectivity index (χ2n) is 6.54. The average Bonchev–Trinajstić information content (AvgIpc) is 3.07.